The maximum Gasteiger partial charge on any atom is 0.220 e. The molecule has 1 heterocycles. The molecule has 0 fully saturated rings. The second-order valence-corrected chi connectivity index (χ2v) is 4.31. The van der Waals surface area contributed by atoms with Crippen molar-refractivity contribution in [3.05, 3.63) is 51.8 Å². The van der Waals surface area contributed by atoms with Gasteiger partial charge in [0, 0.05) is 16.6 Å². The lowest BCUT2D eigenvalue weighted by Crippen LogP contribution is -1.88. The Balaban J connectivity index is 2.27. The molecule has 0 saturated carbocycles. The number of halogens is 3. The van der Waals surface area contributed by atoms with E-state index in [0.29, 0.717) is 21.3 Å². The molecule has 0 atom stereocenters. The molecule has 0 unspecified atom stereocenters. The molecule has 0 bridgehead atoms. The molecule has 2 nitrogen and oxygen atoms in total. The molecule has 2 aromatic rings. The molecule has 0 N–H and O–H groups in total. The van der Waals surface area contributed by atoms with Gasteiger partial charge in [-0.2, -0.15) is 0 Å². The standard InChI is InChI=1S/C11H6BrClFNO/c12-7-4-8(14)6-9(5-7)16-11-3-1-2-10(13)15-11/h1-6H. The fourth-order valence-electron chi connectivity index (χ4n) is 1.15. The van der Waals surface area contributed by atoms with Crippen LogP contribution in [0.5, 0.6) is 11.6 Å². The van der Waals surface area contributed by atoms with E-state index in [2.05, 4.69) is 20.9 Å². The minimum atomic E-state index is -0.383. The molecule has 82 valence electrons. The van der Waals surface area contributed by atoms with Crippen LogP contribution in [-0.2, 0) is 0 Å². The second-order valence-electron chi connectivity index (χ2n) is 3.01. The van der Waals surface area contributed by atoms with Crippen molar-refractivity contribution in [3.8, 4) is 11.6 Å². The van der Waals surface area contributed by atoms with E-state index < -0.39 is 0 Å². The Kier molecular flexibility index (Phi) is 3.41. The van der Waals surface area contributed by atoms with E-state index in [1.165, 1.54) is 12.1 Å². The zero-order chi connectivity index (χ0) is 11.5. The van der Waals surface area contributed by atoms with Gasteiger partial charge >= 0.3 is 0 Å². The van der Waals surface area contributed by atoms with Gasteiger partial charge in [-0.15, -0.1) is 0 Å². The van der Waals surface area contributed by atoms with Crippen molar-refractivity contribution >= 4 is 27.5 Å². The summed E-state index contributed by atoms with van der Waals surface area (Å²) in [6.45, 7) is 0. The van der Waals surface area contributed by atoms with Crippen LogP contribution in [0.4, 0.5) is 4.39 Å². The number of aromatic nitrogens is 1. The minimum Gasteiger partial charge on any atom is -0.439 e. The van der Waals surface area contributed by atoms with E-state index in [0.717, 1.165) is 0 Å². The van der Waals surface area contributed by atoms with Crippen LogP contribution >= 0.6 is 27.5 Å². The SMILES string of the molecule is Fc1cc(Br)cc(Oc2cccc(Cl)n2)c1. The molecule has 1 aromatic carbocycles. The van der Waals surface area contributed by atoms with Gasteiger partial charge in [0.05, 0.1) is 0 Å². The maximum absolute atomic E-state index is 13.1. The van der Waals surface area contributed by atoms with Gasteiger partial charge in [-0.1, -0.05) is 33.6 Å². The molecule has 0 aliphatic heterocycles. The maximum atomic E-state index is 13.1. The number of nitrogens with zero attached hydrogens (tertiary/aromatic N) is 1. The molecule has 16 heavy (non-hydrogen) atoms. The van der Waals surface area contributed by atoms with Crippen molar-refractivity contribution in [2.75, 3.05) is 0 Å². The first-order chi connectivity index (χ1) is 7.63. The van der Waals surface area contributed by atoms with Crippen molar-refractivity contribution in [1.82, 2.24) is 4.98 Å². The van der Waals surface area contributed by atoms with Crippen LogP contribution in [0, 0.1) is 5.82 Å². The van der Waals surface area contributed by atoms with Crippen LogP contribution in [-0.4, -0.2) is 4.98 Å². The average molecular weight is 303 g/mol. The molecule has 0 saturated heterocycles. The molecule has 0 aliphatic rings. The highest BCUT2D eigenvalue weighted by molar-refractivity contribution is 9.10. The van der Waals surface area contributed by atoms with E-state index >= 15 is 0 Å². The Bertz CT molecular complexity index is 501. The quantitative estimate of drug-likeness (QED) is 0.766. The molecule has 0 spiro atoms. The van der Waals surface area contributed by atoms with Gasteiger partial charge in [-0.3, -0.25) is 0 Å². The Hall–Kier alpha value is -1.13. The van der Waals surface area contributed by atoms with Crippen molar-refractivity contribution in [2.45, 2.75) is 0 Å². The zero-order valence-electron chi connectivity index (χ0n) is 7.95. The zero-order valence-corrected chi connectivity index (χ0v) is 10.3. The van der Waals surface area contributed by atoms with Gasteiger partial charge < -0.3 is 4.74 Å². The Labute approximate surface area is 105 Å². The van der Waals surface area contributed by atoms with E-state index in [-0.39, 0.29) is 5.82 Å². The number of benzene rings is 1. The highest BCUT2D eigenvalue weighted by Gasteiger charge is 2.03. The summed E-state index contributed by atoms with van der Waals surface area (Å²) in [5, 5.41) is 0.327. The second kappa shape index (κ2) is 4.80. The van der Waals surface area contributed by atoms with E-state index in [9.17, 15) is 4.39 Å². The third kappa shape index (κ3) is 2.93. The van der Waals surface area contributed by atoms with Crippen LogP contribution < -0.4 is 4.74 Å². The highest BCUT2D eigenvalue weighted by atomic mass is 79.9. The fourth-order valence-corrected chi connectivity index (χ4v) is 1.76. The number of hydrogen-bond donors (Lipinski definition) is 0. The largest absolute Gasteiger partial charge is 0.439 e. The molecule has 0 amide bonds. The van der Waals surface area contributed by atoms with Gasteiger partial charge in [0.25, 0.3) is 0 Å². The van der Waals surface area contributed by atoms with Gasteiger partial charge in [-0.05, 0) is 18.2 Å². The Morgan fingerprint density at radius 3 is 2.75 bits per heavy atom. The predicted molar refractivity (Wildman–Crippen MR) is 63.4 cm³/mol. The lowest BCUT2D eigenvalue weighted by atomic mass is 10.3. The third-order valence-corrected chi connectivity index (χ3v) is 2.42. The summed E-state index contributed by atoms with van der Waals surface area (Å²) in [5.74, 6) is 0.304. The summed E-state index contributed by atoms with van der Waals surface area (Å²) in [6, 6.07) is 9.25. The third-order valence-electron chi connectivity index (χ3n) is 1.75. The number of ether oxygens (including phenoxy) is 1. The van der Waals surface area contributed by atoms with Crippen LogP contribution in [0.1, 0.15) is 0 Å². The molecule has 5 heteroatoms. The summed E-state index contributed by atoms with van der Waals surface area (Å²) >= 11 is 8.87. The van der Waals surface area contributed by atoms with Gasteiger partial charge in [0.2, 0.25) is 5.88 Å². The molecule has 1 aromatic heterocycles. The van der Waals surface area contributed by atoms with Crippen molar-refractivity contribution < 1.29 is 9.13 Å². The number of rotatable bonds is 2. The van der Waals surface area contributed by atoms with Crippen LogP contribution in [0.3, 0.4) is 0 Å². The molecule has 0 aliphatic carbocycles. The predicted octanol–water partition coefficient (Wildman–Crippen LogP) is 4.43. The van der Waals surface area contributed by atoms with Gasteiger partial charge in [0.1, 0.15) is 16.7 Å². The van der Waals surface area contributed by atoms with E-state index in [1.54, 1.807) is 24.3 Å². The lowest BCUT2D eigenvalue weighted by Gasteiger charge is -2.05. The van der Waals surface area contributed by atoms with Crippen LogP contribution in [0.15, 0.2) is 40.9 Å². The Morgan fingerprint density at radius 2 is 2.06 bits per heavy atom. The first kappa shape index (κ1) is 11.4. The van der Waals surface area contributed by atoms with Crippen molar-refractivity contribution in [1.29, 1.82) is 0 Å². The summed E-state index contributed by atoms with van der Waals surface area (Å²) in [5.41, 5.74) is 0. The Morgan fingerprint density at radius 1 is 1.25 bits per heavy atom. The normalized spacial score (nSPS) is 10.2. The molecular formula is C11H6BrClFNO. The van der Waals surface area contributed by atoms with Gasteiger partial charge in [-0.25, -0.2) is 9.37 Å². The number of pyridine rings is 1. The van der Waals surface area contributed by atoms with E-state index in [4.69, 9.17) is 16.3 Å². The summed E-state index contributed by atoms with van der Waals surface area (Å²) < 4.78 is 19.0. The topological polar surface area (TPSA) is 22.1 Å². The first-order valence-corrected chi connectivity index (χ1v) is 5.57. The average Bonchev–Trinajstić information content (AvgIpc) is 2.15. The lowest BCUT2D eigenvalue weighted by molar-refractivity contribution is 0.458. The molecule has 0 radical (unpaired) electrons. The fraction of sp³-hybridized carbons (Fsp3) is 0. The summed E-state index contributed by atoms with van der Waals surface area (Å²) in [4.78, 5) is 3.93. The van der Waals surface area contributed by atoms with Crippen molar-refractivity contribution in [2.24, 2.45) is 0 Å². The van der Waals surface area contributed by atoms with Crippen LogP contribution in [0.2, 0.25) is 5.15 Å². The van der Waals surface area contributed by atoms with Crippen molar-refractivity contribution in [3.63, 3.8) is 0 Å². The molecule has 2 rings (SSSR count). The smallest absolute Gasteiger partial charge is 0.220 e. The number of hydrogen-bond acceptors (Lipinski definition) is 2. The summed E-state index contributed by atoms with van der Waals surface area (Å²) in [7, 11) is 0. The molecular weight excluding hydrogens is 296 g/mol. The first-order valence-electron chi connectivity index (χ1n) is 4.40. The monoisotopic (exact) mass is 301 g/mol. The van der Waals surface area contributed by atoms with E-state index in [1.807, 2.05) is 0 Å². The van der Waals surface area contributed by atoms with Gasteiger partial charge in [0.15, 0.2) is 0 Å². The minimum absolute atomic E-state index is 0.324. The highest BCUT2D eigenvalue weighted by Crippen LogP contribution is 2.25. The summed E-state index contributed by atoms with van der Waals surface area (Å²) in [6.07, 6.45) is 0. The van der Waals surface area contributed by atoms with Crippen LogP contribution in [0.25, 0.3) is 0 Å².